The van der Waals surface area contributed by atoms with E-state index in [9.17, 15) is 10.2 Å². The van der Waals surface area contributed by atoms with Crippen molar-refractivity contribution in [1.29, 1.82) is 0 Å². The second-order valence-electron chi connectivity index (χ2n) is 11.7. The topological polar surface area (TPSA) is 40.5 Å². The molecular weight excluding hydrogens is 507 g/mol. The standard InChI is InChI=1S/C37H49O2P/c1-29-30(2)37(39)35(31(3)36(29)38)27-19-8-6-4-5-7-9-20-28-40(32-21-13-10-14-22-32,33-23-15-11-16-24-33)34-25-17-12-18-26-34/h10-18,21-26,36-40H,4-9,19-20,27-28H2,1-3H3. The van der Waals surface area contributed by atoms with Crippen molar-refractivity contribution < 1.29 is 10.2 Å². The first-order chi connectivity index (χ1) is 19.5. The first-order valence-corrected chi connectivity index (χ1v) is 17.6. The molecule has 40 heavy (non-hydrogen) atoms. The number of rotatable bonds is 14. The molecule has 2 atom stereocenters. The fourth-order valence-corrected chi connectivity index (χ4v) is 11.5. The summed E-state index contributed by atoms with van der Waals surface area (Å²) in [6, 6.07) is 33.8. The van der Waals surface area contributed by atoms with E-state index in [2.05, 4.69) is 91.0 Å². The number of benzene rings is 3. The first kappa shape index (κ1) is 30.4. The molecule has 0 aliphatic heterocycles. The molecule has 2 N–H and O–H groups in total. The molecule has 0 spiro atoms. The summed E-state index contributed by atoms with van der Waals surface area (Å²) < 4.78 is 0. The van der Waals surface area contributed by atoms with Gasteiger partial charge in [0, 0.05) is 0 Å². The molecule has 4 rings (SSSR count). The van der Waals surface area contributed by atoms with Crippen LogP contribution in [-0.2, 0) is 0 Å². The molecule has 3 heteroatoms. The van der Waals surface area contributed by atoms with E-state index in [1.54, 1.807) is 0 Å². The summed E-state index contributed by atoms with van der Waals surface area (Å²) in [5.41, 5.74) is 3.83. The van der Waals surface area contributed by atoms with Crippen LogP contribution < -0.4 is 15.9 Å². The Kier molecular flexibility index (Phi) is 11.4. The Morgan fingerprint density at radius 2 is 0.850 bits per heavy atom. The van der Waals surface area contributed by atoms with Gasteiger partial charge in [0.05, 0.1) is 6.10 Å². The maximum absolute atomic E-state index is 10.7. The van der Waals surface area contributed by atoms with E-state index in [0.717, 1.165) is 35.1 Å². The fraction of sp³-hybridized carbons (Fsp3) is 0.405. The number of hydrogen-bond acceptors (Lipinski definition) is 2. The summed E-state index contributed by atoms with van der Waals surface area (Å²) >= 11 is 0. The van der Waals surface area contributed by atoms with Crippen LogP contribution in [0.15, 0.2) is 113 Å². The third kappa shape index (κ3) is 7.03. The second kappa shape index (κ2) is 14.9. The van der Waals surface area contributed by atoms with Crippen LogP contribution in [0.2, 0.25) is 0 Å². The minimum atomic E-state index is -2.10. The zero-order valence-electron chi connectivity index (χ0n) is 24.8. The Labute approximate surface area is 243 Å². The average molecular weight is 557 g/mol. The molecule has 0 fully saturated rings. The number of hydrogen-bond donors (Lipinski definition) is 2. The molecular formula is C37H49O2P. The van der Waals surface area contributed by atoms with E-state index >= 15 is 0 Å². The second-order valence-corrected chi connectivity index (χ2v) is 15.8. The minimum Gasteiger partial charge on any atom is -0.384 e. The van der Waals surface area contributed by atoms with Gasteiger partial charge in [0.1, 0.15) is 0 Å². The normalized spacial score (nSPS) is 18.3. The van der Waals surface area contributed by atoms with Crippen molar-refractivity contribution in [2.24, 2.45) is 0 Å². The molecule has 3 aromatic carbocycles. The van der Waals surface area contributed by atoms with E-state index in [-0.39, 0.29) is 0 Å². The van der Waals surface area contributed by atoms with Crippen LogP contribution in [-0.4, -0.2) is 28.6 Å². The third-order valence-electron chi connectivity index (χ3n) is 9.24. The summed E-state index contributed by atoms with van der Waals surface area (Å²) in [4.78, 5) is 0. The van der Waals surface area contributed by atoms with E-state index in [1.807, 2.05) is 20.8 Å². The van der Waals surface area contributed by atoms with Gasteiger partial charge in [0.2, 0.25) is 0 Å². The third-order valence-corrected chi connectivity index (χ3v) is 14.3. The Hall–Kier alpha value is -2.51. The van der Waals surface area contributed by atoms with Crippen LogP contribution in [0, 0.1) is 0 Å². The Balaban J connectivity index is 1.27. The van der Waals surface area contributed by atoms with E-state index in [4.69, 9.17) is 0 Å². The van der Waals surface area contributed by atoms with Crippen molar-refractivity contribution in [3.63, 3.8) is 0 Å². The molecule has 0 bridgehead atoms. The predicted molar refractivity (Wildman–Crippen MR) is 176 cm³/mol. The van der Waals surface area contributed by atoms with Crippen molar-refractivity contribution >= 4 is 23.2 Å². The van der Waals surface area contributed by atoms with Crippen LogP contribution in [0.4, 0.5) is 0 Å². The summed E-state index contributed by atoms with van der Waals surface area (Å²) in [5.74, 6) is 0. The van der Waals surface area contributed by atoms with Gasteiger partial charge < -0.3 is 10.2 Å². The van der Waals surface area contributed by atoms with E-state index in [1.165, 1.54) is 67.0 Å². The van der Waals surface area contributed by atoms with Crippen molar-refractivity contribution in [2.45, 2.75) is 90.8 Å². The molecule has 0 amide bonds. The number of aliphatic hydroxyl groups excluding tert-OH is 2. The summed E-state index contributed by atoms with van der Waals surface area (Å²) in [7, 11) is -2.10. The molecule has 1 aliphatic carbocycles. The number of aliphatic hydroxyl groups is 2. The predicted octanol–water partition coefficient (Wildman–Crippen LogP) is 7.61. The zero-order valence-corrected chi connectivity index (χ0v) is 25.8. The summed E-state index contributed by atoms with van der Waals surface area (Å²) in [6.07, 6.45) is 11.0. The van der Waals surface area contributed by atoms with Crippen molar-refractivity contribution in [1.82, 2.24) is 0 Å². The van der Waals surface area contributed by atoms with E-state index in [0.29, 0.717) is 0 Å². The molecule has 214 valence electrons. The molecule has 0 radical (unpaired) electrons. The maximum atomic E-state index is 10.7. The summed E-state index contributed by atoms with van der Waals surface area (Å²) in [6.45, 7) is 5.85. The van der Waals surface area contributed by atoms with Crippen LogP contribution in [0.25, 0.3) is 0 Å². The van der Waals surface area contributed by atoms with Gasteiger partial charge in [-0.25, -0.2) is 0 Å². The van der Waals surface area contributed by atoms with E-state index < -0.39 is 19.5 Å². The van der Waals surface area contributed by atoms with Gasteiger partial charge in [0.15, 0.2) is 0 Å². The van der Waals surface area contributed by atoms with Gasteiger partial charge in [-0.15, -0.1) is 0 Å². The molecule has 0 aromatic heterocycles. The Morgan fingerprint density at radius 1 is 0.475 bits per heavy atom. The molecule has 0 heterocycles. The van der Waals surface area contributed by atoms with Gasteiger partial charge in [-0.2, -0.15) is 0 Å². The molecule has 2 unspecified atom stereocenters. The monoisotopic (exact) mass is 556 g/mol. The smallest absolute Gasteiger partial charge is 0.384 e. The summed E-state index contributed by atoms with van der Waals surface area (Å²) in [5, 5.41) is 25.7. The quantitative estimate of drug-likeness (QED) is 0.122. The molecule has 2 nitrogen and oxygen atoms in total. The number of unbranched alkanes of at least 4 members (excludes halogenated alkanes) is 7. The molecule has 0 saturated heterocycles. The van der Waals surface area contributed by atoms with Gasteiger partial charge >= 0.3 is 195 Å². The molecule has 3 aromatic rings. The van der Waals surface area contributed by atoms with Crippen molar-refractivity contribution in [3.8, 4) is 0 Å². The van der Waals surface area contributed by atoms with Gasteiger partial charge in [-0.1, -0.05) is 0 Å². The van der Waals surface area contributed by atoms with Gasteiger partial charge in [-0.05, 0) is 31.9 Å². The Morgan fingerprint density at radius 3 is 1.30 bits per heavy atom. The SMILES string of the molecule is CC1=C(C)C(O)C(CCCCCCCCCC[PH](c2ccccc2)(c2ccccc2)c2ccccc2)=C(C)C1O. The zero-order chi connectivity index (χ0) is 28.4. The van der Waals surface area contributed by atoms with Gasteiger partial charge in [-0.3, -0.25) is 0 Å². The minimum absolute atomic E-state index is 0.512. The van der Waals surface area contributed by atoms with Crippen LogP contribution in [0.3, 0.4) is 0 Å². The van der Waals surface area contributed by atoms with Crippen molar-refractivity contribution in [2.75, 3.05) is 6.16 Å². The Bertz CT molecular complexity index is 1150. The van der Waals surface area contributed by atoms with Crippen molar-refractivity contribution in [3.05, 3.63) is 113 Å². The van der Waals surface area contributed by atoms with Gasteiger partial charge in [0.25, 0.3) is 0 Å². The fourth-order valence-electron chi connectivity index (χ4n) is 6.61. The first-order valence-electron chi connectivity index (χ1n) is 15.4. The van der Waals surface area contributed by atoms with Crippen LogP contribution in [0.5, 0.6) is 0 Å². The molecule has 0 saturated carbocycles. The van der Waals surface area contributed by atoms with Crippen LogP contribution in [0.1, 0.15) is 78.6 Å². The average Bonchev–Trinajstić information content (AvgIpc) is 3.01. The molecule has 1 aliphatic rings. The van der Waals surface area contributed by atoms with Crippen LogP contribution >= 0.6 is 7.26 Å².